The van der Waals surface area contributed by atoms with E-state index < -0.39 is 0 Å². The van der Waals surface area contributed by atoms with Crippen LogP contribution in [0.1, 0.15) is 20.8 Å². The van der Waals surface area contributed by atoms with Crippen LogP contribution in [0, 0.1) is 6.92 Å². The van der Waals surface area contributed by atoms with Gasteiger partial charge >= 0.3 is 0 Å². The molecule has 0 saturated heterocycles. The van der Waals surface area contributed by atoms with Crippen molar-refractivity contribution in [3.8, 4) is 5.75 Å². The summed E-state index contributed by atoms with van der Waals surface area (Å²) in [4.78, 5) is 1.28. The standard InChI is InChI=1S/C17H14BrClOS/c1-10-9-21-17(16(10)19)15(18)13-4-3-12-8-14(20-2)6-5-11(12)7-13/h3-9,15H,1-2H3. The van der Waals surface area contributed by atoms with E-state index in [-0.39, 0.29) is 4.83 Å². The van der Waals surface area contributed by atoms with Gasteiger partial charge in [0, 0.05) is 4.88 Å². The minimum absolute atomic E-state index is 0.121. The number of thiophene rings is 1. The van der Waals surface area contributed by atoms with E-state index in [4.69, 9.17) is 16.3 Å². The van der Waals surface area contributed by atoms with Crippen LogP contribution in [0.3, 0.4) is 0 Å². The molecule has 3 rings (SSSR count). The van der Waals surface area contributed by atoms with Gasteiger partial charge in [-0.1, -0.05) is 45.7 Å². The second-order valence-corrected chi connectivity index (χ2v) is 7.14. The molecule has 1 heterocycles. The van der Waals surface area contributed by atoms with E-state index in [9.17, 15) is 0 Å². The van der Waals surface area contributed by atoms with Gasteiger partial charge < -0.3 is 4.74 Å². The quantitative estimate of drug-likeness (QED) is 0.480. The molecule has 1 aromatic heterocycles. The molecule has 0 bridgehead atoms. The normalized spacial score (nSPS) is 12.6. The van der Waals surface area contributed by atoms with Crippen molar-refractivity contribution in [3.05, 3.63) is 62.8 Å². The fourth-order valence-electron chi connectivity index (χ4n) is 2.30. The van der Waals surface area contributed by atoms with Gasteiger partial charge in [0.05, 0.1) is 17.0 Å². The van der Waals surface area contributed by atoms with Gasteiger partial charge in [0.15, 0.2) is 0 Å². The van der Waals surface area contributed by atoms with Crippen LogP contribution in [-0.2, 0) is 0 Å². The Bertz CT molecular complexity index is 797. The summed E-state index contributed by atoms with van der Waals surface area (Å²) in [5.74, 6) is 0.877. The van der Waals surface area contributed by atoms with Gasteiger partial charge in [0.25, 0.3) is 0 Å². The molecule has 1 unspecified atom stereocenters. The molecule has 2 aromatic carbocycles. The number of halogens is 2. The zero-order valence-electron chi connectivity index (χ0n) is 11.7. The first-order valence-electron chi connectivity index (χ1n) is 6.55. The van der Waals surface area contributed by atoms with Gasteiger partial charge in [-0.15, -0.1) is 11.3 Å². The van der Waals surface area contributed by atoms with Crippen LogP contribution >= 0.6 is 38.9 Å². The number of ether oxygens (including phenoxy) is 1. The average molecular weight is 382 g/mol. The molecule has 0 fully saturated rings. The lowest BCUT2D eigenvalue weighted by atomic mass is 10.0. The Hall–Kier alpha value is -1.03. The molecule has 0 aliphatic carbocycles. The highest BCUT2D eigenvalue weighted by Gasteiger charge is 2.17. The van der Waals surface area contributed by atoms with Gasteiger partial charge in [-0.2, -0.15) is 0 Å². The molecule has 0 amide bonds. The van der Waals surface area contributed by atoms with E-state index in [0.717, 1.165) is 21.2 Å². The second kappa shape index (κ2) is 5.99. The molecule has 0 aliphatic rings. The molecule has 0 radical (unpaired) electrons. The lowest BCUT2D eigenvalue weighted by Gasteiger charge is -2.11. The lowest BCUT2D eigenvalue weighted by molar-refractivity contribution is 0.415. The monoisotopic (exact) mass is 380 g/mol. The van der Waals surface area contributed by atoms with Crippen molar-refractivity contribution >= 4 is 49.6 Å². The number of aryl methyl sites for hydroxylation is 1. The Kier molecular flexibility index (Phi) is 4.25. The maximum atomic E-state index is 6.38. The molecule has 108 valence electrons. The van der Waals surface area contributed by atoms with Crippen LogP contribution in [0.4, 0.5) is 0 Å². The summed E-state index contributed by atoms with van der Waals surface area (Å²) in [6.45, 7) is 2.04. The van der Waals surface area contributed by atoms with Gasteiger partial charge in [-0.05, 0) is 52.4 Å². The van der Waals surface area contributed by atoms with E-state index in [1.165, 1.54) is 16.3 Å². The molecule has 1 nitrogen and oxygen atoms in total. The summed E-state index contributed by atoms with van der Waals surface area (Å²) < 4.78 is 5.26. The number of hydrogen-bond donors (Lipinski definition) is 0. The number of methoxy groups -OCH3 is 1. The van der Waals surface area contributed by atoms with Crippen molar-refractivity contribution in [1.82, 2.24) is 0 Å². The smallest absolute Gasteiger partial charge is 0.119 e. The fraction of sp³-hybridized carbons (Fsp3) is 0.176. The van der Waals surface area contributed by atoms with Crippen LogP contribution in [0.25, 0.3) is 10.8 Å². The van der Waals surface area contributed by atoms with E-state index in [1.54, 1.807) is 18.4 Å². The van der Waals surface area contributed by atoms with Gasteiger partial charge in [-0.25, -0.2) is 0 Å². The third-order valence-corrected chi connectivity index (χ3v) is 6.59. The Labute approximate surface area is 141 Å². The van der Waals surface area contributed by atoms with Crippen molar-refractivity contribution in [2.45, 2.75) is 11.8 Å². The number of benzene rings is 2. The highest BCUT2D eigenvalue weighted by atomic mass is 79.9. The zero-order chi connectivity index (χ0) is 15.0. The maximum absolute atomic E-state index is 6.38. The molecule has 0 aliphatic heterocycles. The summed E-state index contributed by atoms with van der Waals surface area (Å²) in [5.41, 5.74) is 2.34. The molecule has 1 atom stereocenters. The minimum Gasteiger partial charge on any atom is -0.497 e. The molecule has 3 aromatic rings. The summed E-state index contributed by atoms with van der Waals surface area (Å²) in [5, 5.41) is 5.32. The van der Waals surface area contributed by atoms with Crippen LogP contribution in [0.5, 0.6) is 5.75 Å². The Balaban J connectivity index is 2.02. The molecular formula is C17H14BrClOS. The van der Waals surface area contributed by atoms with E-state index in [1.807, 2.05) is 19.1 Å². The third kappa shape index (κ3) is 2.83. The number of hydrogen-bond acceptors (Lipinski definition) is 2. The first-order chi connectivity index (χ1) is 10.1. The van der Waals surface area contributed by atoms with Crippen LogP contribution < -0.4 is 4.74 Å². The van der Waals surface area contributed by atoms with Gasteiger partial charge in [-0.3, -0.25) is 0 Å². The molecular weight excluding hydrogens is 368 g/mol. The second-order valence-electron chi connectivity index (χ2n) is 4.93. The first kappa shape index (κ1) is 14.9. The topological polar surface area (TPSA) is 9.23 Å². The summed E-state index contributed by atoms with van der Waals surface area (Å²) >= 11 is 11.8. The summed E-state index contributed by atoms with van der Waals surface area (Å²) in [6, 6.07) is 12.6. The van der Waals surface area contributed by atoms with E-state index in [0.29, 0.717) is 0 Å². The molecule has 21 heavy (non-hydrogen) atoms. The number of alkyl halides is 1. The van der Waals surface area contributed by atoms with Crippen LogP contribution in [0.2, 0.25) is 5.02 Å². The van der Waals surface area contributed by atoms with Crippen molar-refractivity contribution in [2.75, 3.05) is 7.11 Å². The Morgan fingerprint density at radius 2 is 1.86 bits per heavy atom. The van der Waals surface area contributed by atoms with Crippen LogP contribution in [-0.4, -0.2) is 7.11 Å². The maximum Gasteiger partial charge on any atom is 0.119 e. The molecule has 0 spiro atoms. The largest absolute Gasteiger partial charge is 0.497 e. The van der Waals surface area contributed by atoms with Gasteiger partial charge in [0.1, 0.15) is 5.75 Å². The third-order valence-electron chi connectivity index (χ3n) is 3.52. The predicted molar refractivity (Wildman–Crippen MR) is 95.3 cm³/mol. The Morgan fingerprint density at radius 1 is 1.14 bits per heavy atom. The van der Waals surface area contributed by atoms with Crippen LogP contribution in [0.15, 0.2) is 41.8 Å². The lowest BCUT2D eigenvalue weighted by Crippen LogP contribution is -1.91. The minimum atomic E-state index is 0.121. The highest BCUT2D eigenvalue weighted by Crippen LogP contribution is 2.41. The van der Waals surface area contributed by atoms with Crippen molar-refractivity contribution in [2.24, 2.45) is 0 Å². The molecule has 0 N–H and O–H groups in total. The summed E-state index contributed by atoms with van der Waals surface area (Å²) in [7, 11) is 1.69. The number of fused-ring (bicyclic) bond motifs is 1. The highest BCUT2D eigenvalue weighted by molar-refractivity contribution is 9.09. The zero-order valence-corrected chi connectivity index (χ0v) is 14.8. The number of rotatable bonds is 3. The molecule has 0 saturated carbocycles. The SMILES string of the molecule is COc1ccc2cc(C(Br)c3scc(C)c3Cl)ccc2c1. The summed E-state index contributed by atoms with van der Waals surface area (Å²) in [6.07, 6.45) is 0. The molecule has 4 heteroatoms. The van der Waals surface area contributed by atoms with Gasteiger partial charge in [0.2, 0.25) is 0 Å². The van der Waals surface area contributed by atoms with E-state index >= 15 is 0 Å². The van der Waals surface area contributed by atoms with Crippen molar-refractivity contribution in [1.29, 1.82) is 0 Å². The van der Waals surface area contributed by atoms with Crippen molar-refractivity contribution in [3.63, 3.8) is 0 Å². The Morgan fingerprint density at radius 3 is 2.52 bits per heavy atom. The van der Waals surface area contributed by atoms with E-state index in [2.05, 4.69) is 45.6 Å². The predicted octanol–water partition coefficient (Wildman–Crippen LogP) is 6.36. The first-order valence-corrected chi connectivity index (χ1v) is 8.72. The van der Waals surface area contributed by atoms with Crippen molar-refractivity contribution < 1.29 is 4.74 Å². The average Bonchev–Trinajstić information content (AvgIpc) is 2.85. The fourth-order valence-corrected chi connectivity index (χ4v) is 4.57.